The maximum absolute atomic E-state index is 9.04. The van der Waals surface area contributed by atoms with Crippen LogP contribution in [0.25, 0.3) is 0 Å². The van der Waals surface area contributed by atoms with Crippen LogP contribution in [0, 0.1) is 0 Å². The fraction of sp³-hybridized carbons (Fsp3) is 0.481. The molecule has 0 aliphatic carbocycles. The molecule has 9 nitrogen and oxygen atoms in total. The summed E-state index contributed by atoms with van der Waals surface area (Å²) < 4.78 is 11.6. The van der Waals surface area contributed by atoms with Crippen LogP contribution in [0.2, 0.25) is 0 Å². The van der Waals surface area contributed by atoms with Crippen molar-refractivity contribution in [2.45, 2.75) is 32.0 Å². The number of rotatable bonds is 7. The Morgan fingerprint density at radius 3 is 2.22 bits per heavy atom. The predicted octanol–water partition coefficient (Wildman–Crippen LogP) is -0.110. The van der Waals surface area contributed by atoms with Gasteiger partial charge in [-0.15, -0.1) is 0 Å². The third-order valence-electron chi connectivity index (χ3n) is 6.77. The van der Waals surface area contributed by atoms with Gasteiger partial charge >= 0.3 is 5.97 Å². The summed E-state index contributed by atoms with van der Waals surface area (Å²) in [7, 11) is 4.03. The molecule has 196 valence electrons. The van der Waals surface area contributed by atoms with Crippen molar-refractivity contribution in [2.24, 2.45) is 0 Å². The first-order valence-electron chi connectivity index (χ1n) is 12.4. The van der Waals surface area contributed by atoms with Gasteiger partial charge in [-0.1, -0.05) is 36.4 Å². The number of carbonyl (C=O) groups excluding carboxylic acids is 1. The first-order valence-corrected chi connectivity index (χ1v) is 12.4. The Kier molecular flexibility index (Phi) is 10.5. The summed E-state index contributed by atoms with van der Waals surface area (Å²) in [5.41, 5.74) is 2.45. The van der Waals surface area contributed by atoms with E-state index in [1.165, 1.54) is 57.7 Å². The normalized spacial score (nSPS) is 17.6. The van der Waals surface area contributed by atoms with Gasteiger partial charge in [0.2, 0.25) is 0 Å². The van der Waals surface area contributed by atoms with Crippen molar-refractivity contribution in [1.29, 1.82) is 0 Å². The van der Waals surface area contributed by atoms with Crippen LogP contribution >= 0.6 is 0 Å². The first-order chi connectivity index (χ1) is 17.4. The van der Waals surface area contributed by atoms with Gasteiger partial charge in [0, 0.05) is 25.7 Å². The number of ether oxygens (including phenoxy) is 2. The number of hydrogen-bond donors (Lipinski definition) is 2. The largest absolute Gasteiger partial charge is 0.539 e. The predicted molar refractivity (Wildman–Crippen MR) is 133 cm³/mol. The van der Waals surface area contributed by atoms with Crippen LogP contribution in [0.5, 0.6) is 11.5 Å². The van der Waals surface area contributed by atoms with Crippen LogP contribution in [-0.2, 0) is 22.7 Å². The molecule has 2 heterocycles. The average molecular weight is 500 g/mol. The van der Waals surface area contributed by atoms with E-state index < -0.39 is 11.9 Å². The maximum Gasteiger partial charge on any atom is 0.351 e. The molecule has 2 aliphatic heterocycles. The number of carboxylic acid groups (broad SMARTS) is 2. The minimum Gasteiger partial charge on any atom is -0.539 e. The second-order valence-corrected chi connectivity index (χ2v) is 9.35. The molecule has 2 N–H and O–H groups in total. The zero-order chi connectivity index (χ0) is 25.9. The molecule has 2 aromatic carbocycles. The van der Waals surface area contributed by atoms with Crippen LogP contribution in [0.4, 0.5) is 0 Å². The lowest BCUT2D eigenvalue weighted by Gasteiger charge is -2.40. The third kappa shape index (κ3) is 8.51. The number of carboxylic acids is 2. The number of quaternary nitrogens is 1. The third-order valence-corrected chi connectivity index (χ3v) is 6.77. The zero-order valence-corrected chi connectivity index (χ0v) is 21.2. The molecular weight excluding hydrogens is 462 g/mol. The fourth-order valence-electron chi connectivity index (χ4n) is 4.64. The standard InChI is InChI=1S/C25H35N3O2.C2H2O4/c1-26-14-16-28(17-15-26)23-10-12-27(13-11-23)19-22-8-9-24(25(18-22)29-2)30-20-21-6-4-3-5-7-21;3-1(4)2(5)6/h3-9,18,23H,10-17,19-20H2,1-2H3;(H,3,4)(H,5,6). The van der Waals surface area contributed by atoms with E-state index in [1.54, 1.807) is 12.0 Å². The summed E-state index contributed by atoms with van der Waals surface area (Å²) in [6.45, 7) is 9.00. The number of methoxy groups -OCH3 is 1. The van der Waals surface area contributed by atoms with E-state index in [4.69, 9.17) is 29.3 Å². The van der Waals surface area contributed by atoms with Gasteiger partial charge in [-0.25, -0.2) is 4.79 Å². The number of aliphatic carboxylic acids is 2. The Labute approximate surface area is 212 Å². The number of carbonyl (C=O) groups is 2. The summed E-state index contributed by atoms with van der Waals surface area (Å²) >= 11 is 0. The molecule has 2 saturated heterocycles. The number of nitrogens with zero attached hydrogens (tertiary/aromatic N) is 2. The molecule has 0 spiro atoms. The van der Waals surface area contributed by atoms with Gasteiger partial charge in [-0.3, -0.25) is 9.80 Å². The van der Waals surface area contributed by atoms with Gasteiger partial charge in [-0.2, -0.15) is 0 Å². The Morgan fingerprint density at radius 2 is 1.64 bits per heavy atom. The topological polar surface area (TPSA) is 107 Å². The number of piperidine rings is 1. The van der Waals surface area contributed by atoms with Crippen LogP contribution in [-0.4, -0.2) is 86.3 Å². The molecule has 0 bridgehead atoms. The molecule has 2 aromatic rings. The van der Waals surface area contributed by atoms with E-state index in [0.717, 1.165) is 29.6 Å². The van der Waals surface area contributed by atoms with Crippen molar-refractivity contribution in [3.05, 3.63) is 59.7 Å². The Bertz CT molecular complexity index is 959. The minimum atomic E-state index is -2.07. The van der Waals surface area contributed by atoms with Crippen molar-refractivity contribution in [3.8, 4) is 11.5 Å². The Balaban J connectivity index is 0.000000538. The molecule has 0 unspecified atom stereocenters. The fourth-order valence-corrected chi connectivity index (χ4v) is 4.64. The van der Waals surface area contributed by atoms with Crippen LogP contribution in [0.15, 0.2) is 48.5 Å². The molecular formula is C27H37N3O6. The van der Waals surface area contributed by atoms with E-state index >= 15 is 0 Å². The van der Waals surface area contributed by atoms with Gasteiger partial charge in [0.05, 0.1) is 27.2 Å². The maximum atomic E-state index is 9.04. The Hall–Kier alpha value is -3.14. The van der Waals surface area contributed by atoms with Crippen molar-refractivity contribution >= 4 is 11.9 Å². The van der Waals surface area contributed by atoms with E-state index in [0.29, 0.717) is 6.61 Å². The molecule has 0 radical (unpaired) electrons. The molecule has 4 rings (SSSR count). The van der Waals surface area contributed by atoms with E-state index in [-0.39, 0.29) is 0 Å². The van der Waals surface area contributed by atoms with Gasteiger partial charge in [0.25, 0.3) is 0 Å². The number of nitrogens with one attached hydrogen (secondary N) is 1. The Morgan fingerprint density at radius 1 is 1.00 bits per heavy atom. The highest BCUT2D eigenvalue weighted by atomic mass is 16.5. The van der Waals surface area contributed by atoms with Crippen LogP contribution < -0.4 is 19.5 Å². The van der Waals surface area contributed by atoms with Crippen molar-refractivity contribution in [2.75, 3.05) is 53.4 Å². The zero-order valence-electron chi connectivity index (χ0n) is 21.2. The van der Waals surface area contributed by atoms with Crippen LogP contribution in [0.1, 0.15) is 24.0 Å². The second-order valence-electron chi connectivity index (χ2n) is 9.35. The number of hydrogen-bond acceptors (Lipinski definition) is 7. The minimum absolute atomic E-state index is 0.553. The lowest BCUT2D eigenvalue weighted by atomic mass is 10.0. The molecule has 2 aliphatic rings. The first kappa shape index (κ1) is 27.4. The SMILES string of the molecule is COc1cc(CN2CCC(N3CC[NH+](C)CC3)CC2)ccc1OCc1ccccc1.O=C([O-])C(=O)O. The monoisotopic (exact) mass is 499 g/mol. The lowest BCUT2D eigenvalue weighted by Crippen LogP contribution is -3.12. The van der Waals surface area contributed by atoms with E-state index in [9.17, 15) is 0 Å². The molecule has 9 heteroatoms. The molecule has 0 aromatic heterocycles. The number of benzene rings is 2. The van der Waals surface area contributed by atoms with Crippen molar-refractivity contribution in [3.63, 3.8) is 0 Å². The smallest absolute Gasteiger partial charge is 0.351 e. The molecule has 0 saturated carbocycles. The molecule has 0 amide bonds. The summed E-state index contributed by atoms with van der Waals surface area (Å²) in [6.07, 6.45) is 2.57. The van der Waals surface area contributed by atoms with Crippen molar-refractivity contribution < 1.29 is 34.2 Å². The van der Waals surface area contributed by atoms with Crippen molar-refractivity contribution in [1.82, 2.24) is 9.80 Å². The van der Waals surface area contributed by atoms with E-state index in [1.807, 2.05) is 18.2 Å². The van der Waals surface area contributed by atoms with Crippen LogP contribution in [0.3, 0.4) is 0 Å². The average Bonchev–Trinajstić information content (AvgIpc) is 2.89. The summed E-state index contributed by atoms with van der Waals surface area (Å²) in [5, 5.41) is 16.3. The molecule has 36 heavy (non-hydrogen) atoms. The highest BCUT2D eigenvalue weighted by molar-refractivity contribution is 6.26. The number of likely N-dealkylation sites (N-methyl/N-ethyl adjacent to an activating group) is 1. The quantitative estimate of drug-likeness (QED) is 0.509. The van der Waals surface area contributed by atoms with Gasteiger partial charge in [0.15, 0.2) is 17.5 Å². The highest BCUT2D eigenvalue weighted by Crippen LogP contribution is 2.30. The van der Waals surface area contributed by atoms with E-state index in [2.05, 4.69) is 47.2 Å². The summed E-state index contributed by atoms with van der Waals surface area (Å²) in [4.78, 5) is 25.0. The number of piperazine rings is 1. The molecule has 0 atom stereocenters. The lowest BCUT2D eigenvalue weighted by molar-refractivity contribution is -0.884. The van der Waals surface area contributed by atoms with Gasteiger partial charge in [-0.05, 0) is 49.2 Å². The summed E-state index contributed by atoms with van der Waals surface area (Å²) in [5.74, 6) is -2.38. The van der Waals surface area contributed by atoms with Gasteiger partial charge in [0.1, 0.15) is 6.61 Å². The van der Waals surface area contributed by atoms with Gasteiger partial charge < -0.3 is 29.4 Å². The molecule has 2 fully saturated rings. The summed E-state index contributed by atoms with van der Waals surface area (Å²) in [6, 6.07) is 17.4. The highest BCUT2D eigenvalue weighted by Gasteiger charge is 2.27. The number of likely N-dealkylation sites (tertiary alicyclic amines) is 1. The second kappa shape index (κ2) is 13.8.